The van der Waals surface area contributed by atoms with Crippen LogP contribution in [0.3, 0.4) is 0 Å². The molecule has 1 atom stereocenters. The maximum Gasteiger partial charge on any atom is 0.229 e. The van der Waals surface area contributed by atoms with Gasteiger partial charge in [-0.1, -0.05) is 6.92 Å². The first kappa shape index (κ1) is 17.0. The van der Waals surface area contributed by atoms with Crippen molar-refractivity contribution in [1.29, 1.82) is 0 Å². The van der Waals surface area contributed by atoms with Crippen LogP contribution >= 0.6 is 22.7 Å². The molecule has 1 unspecified atom stereocenters. The Labute approximate surface area is 148 Å². The Morgan fingerprint density at radius 1 is 1.50 bits per heavy atom. The number of carbonyl (C=O) groups excluding carboxylic acids is 2. The summed E-state index contributed by atoms with van der Waals surface area (Å²) < 4.78 is 0. The molecule has 2 amide bonds. The number of amides is 2. The number of carbonyl (C=O) groups is 2. The summed E-state index contributed by atoms with van der Waals surface area (Å²) in [6.07, 6.45) is 3.95. The van der Waals surface area contributed by atoms with Gasteiger partial charge in [0.15, 0.2) is 5.13 Å². The van der Waals surface area contributed by atoms with Gasteiger partial charge in [-0.05, 0) is 19.8 Å². The minimum atomic E-state index is -0.315. The Morgan fingerprint density at radius 2 is 2.33 bits per heavy atom. The Kier molecular flexibility index (Phi) is 5.25. The molecule has 2 aromatic heterocycles. The number of aromatic nitrogens is 2. The summed E-state index contributed by atoms with van der Waals surface area (Å²) in [4.78, 5) is 35.9. The smallest absolute Gasteiger partial charge is 0.229 e. The van der Waals surface area contributed by atoms with Crippen LogP contribution in [0.15, 0.2) is 11.6 Å². The van der Waals surface area contributed by atoms with Gasteiger partial charge in [0.05, 0.1) is 23.2 Å². The van der Waals surface area contributed by atoms with E-state index in [9.17, 15) is 9.59 Å². The van der Waals surface area contributed by atoms with Gasteiger partial charge in [0, 0.05) is 29.4 Å². The molecule has 0 aromatic carbocycles. The Bertz CT molecular complexity index is 727. The third-order valence-corrected chi connectivity index (χ3v) is 5.98. The normalized spacial score (nSPS) is 17.5. The average molecular weight is 364 g/mol. The number of hydrogen-bond donors (Lipinski definition) is 1. The van der Waals surface area contributed by atoms with Gasteiger partial charge in [-0.25, -0.2) is 9.97 Å². The summed E-state index contributed by atoms with van der Waals surface area (Å²) in [5.74, 6) is -0.429. The molecule has 1 saturated heterocycles. The number of thiazole rings is 2. The van der Waals surface area contributed by atoms with Crippen molar-refractivity contribution in [2.45, 2.75) is 39.7 Å². The number of anilines is 1. The molecule has 1 aliphatic heterocycles. The molecule has 128 valence electrons. The third-order valence-electron chi connectivity index (χ3n) is 3.97. The van der Waals surface area contributed by atoms with Crippen molar-refractivity contribution < 1.29 is 9.59 Å². The van der Waals surface area contributed by atoms with Crippen LogP contribution in [0.1, 0.15) is 35.3 Å². The van der Waals surface area contributed by atoms with Crippen LogP contribution in [-0.4, -0.2) is 28.3 Å². The van der Waals surface area contributed by atoms with Crippen molar-refractivity contribution >= 4 is 39.6 Å². The minimum Gasteiger partial charge on any atom is -0.351 e. The SMILES string of the molecule is CCCc1nc(C)c(CNC(=O)C2CC(=O)N(c3nccs3)C2)s1. The lowest BCUT2D eigenvalue weighted by Crippen LogP contribution is -2.32. The quantitative estimate of drug-likeness (QED) is 0.855. The van der Waals surface area contributed by atoms with E-state index in [1.165, 1.54) is 11.3 Å². The Balaban J connectivity index is 1.57. The van der Waals surface area contributed by atoms with E-state index in [1.54, 1.807) is 22.4 Å². The number of nitrogens with zero attached hydrogens (tertiary/aromatic N) is 3. The number of hydrogen-bond acceptors (Lipinski definition) is 6. The van der Waals surface area contributed by atoms with Gasteiger partial charge in [-0.15, -0.1) is 22.7 Å². The molecule has 0 bridgehead atoms. The van der Waals surface area contributed by atoms with Crippen molar-refractivity contribution in [2.75, 3.05) is 11.4 Å². The highest BCUT2D eigenvalue weighted by Gasteiger charge is 2.36. The Morgan fingerprint density at radius 3 is 3.04 bits per heavy atom. The molecule has 8 heteroatoms. The predicted molar refractivity (Wildman–Crippen MR) is 95.3 cm³/mol. The summed E-state index contributed by atoms with van der Waals surface area (Å²) in [6, 6.07) is 0. The van der Waals surface area contributed by atoms with Crippen molar-refractivity contribution in [1.82, 2.24) is 15.3 Å². The summed E-state index contributed by atoms with van der Waals surface area (Å²) >= 11 is 3.07. The molecule has 0 spiro atoms. The number of rotatable bonds is 6. The van der Waals surface area contributed by atoms with E-state index in [0.29, 0.717) is 18.2 Å². The van der Waals surface area contributed by atoms with Gasteiger partial charge in [-0.3, -0.25) is 14.5 Å². The topological polar surface area (TPSA) is 75.2 Å². The van der Waals surface area contributed by atoms with Crippen molar-refractivity contribution in [3.63, 3.8) is 0 Å². The van der Waals surface area contributed by atoms with Crippen LogP contribution in [-0.2, 0) is 22.6 Å². The highest BCUT2D eigenvalue weighted by Crippen LogP contribution is 2.27. The first-order valence-corrected chi connectivity index (χ1v) is 9.70. The second kappa shape index (κ2) is 7.40. The zero-order valence-corrected chi connectivity index (χ0v) is 15.4. The van der Waals surface area contributed by atoms with Crippen LogP contribution in [0, 0.1) is 12.8 Å². The fraction of sp³-hybridized carbons (Fsp3) is 0.500. The monoisotopic (exact) mass is 364 g/mol. The van der Waals surface area contributed by atoms with E-state index in [2.05, 4.69) is 22.2 Å². The minimum absolute atomic E-state index is 0.0377. The molecular weight excluding hydrogens is 344 g/mol. The van der Waals surface area contributed by atoms with Crippen LogP contribution in [0.2, 0.25) is 0 Å². The van der Waals surface area contributed by atoms with E-state index in [1.807, 2.05) is 12.3 Å². The van der Waals surface area contributed by atoms with E-state index in [4.69, 9.17) is 0 Å². The van der Waals surface area contributed by atoms with Crippen molar-refractivity contribution in [2.24, 2.45) is 5.92 Å². The van der Waals surface area contributed by atoms with Crippen LogP contribution in [0.25, 0.3) is 0 Å². The first-order valence-electron chi connectivity index (χ1n) is 8.01. The molecule has 0 saturated carbocycles. The summed E-state index contributed by atoms with van der Waals surface area (Å²) in [5.41, 5.74) is 0.982. The molecule has 1 fully saturated rings. The van der Waals surface area contributed by atoms with Gasteiger partial charge in [0.2, 0.25) is 11.8 Å². The lowest BCUT2D eigenvalue weighted by Gasteiger charge is -2.13. The second-order valence-electron chi connectivity index (χ2n) is 5.80. The molecule has 1 aliphatic rings. The van der Waals surface area contributed by atoms with Gasteiger partial charge < -0.3 is 5.32 Å². The third kappa shape index (κ3) is 3.64. The fourth-order valence-corrected chi connectivity index (χ4v) is 4.48. The van der Waals surface area contributed by atoms with E-state index < -0.39 is 0 Å². The lowest BCUT2D eigenvalue weighted by atomic mass is 10.1. The number of nitrogens with one attached hydrogen (secondary N) is 1. The van der Waals surface area contributed by atoms with Crippen molar-refractivity contribution in [3.05, 3.63) is 27.2 Å². The molecule has 24 heavy (non-hydrogen) atoms. The second-order valence-corrected chi connectivity index (χ2v) is 7.85. The van der Waals surface area contributed by atoms with Gasteiger partial charge in [0.1, 0.15) is 0 Å². The average Bonchev–Trinajstić information content (AvgIpc) is 3.26. The molecule has 0 aliphatic carbocycles. The van der Waals surface area contributed by atoms with Gasteiger partial charge in [-0.2, -0.15) is 0 Å². The van der Waals surface area contributed by atoms with Gasteiger partial charge >= 0.3 is 0 Å². The zero-order chi connectivity index (χ0) is 17.1. The maximum absolute atomic E-state index is 12.4. The van der Waals surface area contributed by atoms with Crippen LogP contribution in [0.4, 0.5) is 5.13 Å². The molecule has 6 nitrogen and oxygen atoms in total. The van der Waals surface area contributed by atoms with E-state index >= 15 is 0 Å². The molecule has 1 N–H and O–H groups in total. The predicted octanol–water partition coefficient (Wildman–Crippen LogP) is 2.53. The molecule has 0 radical (unpaired) electrons. The highest BCUT2D eigenvalue weighted by atomic mass is 32.1. The fourth-order valence-electron chi connectivity index (χ4n) is 2.70. The standard InChI is InChI=1S/C16H20N4O2S2/c1-3-4-13-19-10(2)12(24-13)8-18-15(22)11-7-14(21)20(9-11)16-17-5-6-23-16/h5-6,11H,3-4,7-9H2,1-2H3,(H,18,22). The largest absolute Gasteiger partial charge is 0.351 e. The Hall–Kier alpha value is -1.80. The van der Waals surface area contributed by atoms with E-state index in [-0.39, 0.29) is 24.2 Å². The lowest BCUT2D eigenvalue weighted by molar-refractivity contribution is -0.126. The summed E-state index contributed by atoms with van der Waals surface area (Å²) in [6.45, 7) is 4.98. The molecular formula is C16H20N4O2S2. The molecule has 3 heterocycles. The van der Waals surface area contributed by atoms with Crippen molar-refractivity contribution in [3.8, 4) is 0 Å². The molecule has 2 aromatic rings. The zero-order valence-electron chi connectivity index (χ0n) is 13.7. The van der Waals surface area contributed by atoms with Crippen LogP contribution in [0.5, 0.6) is 0 Å². The van der Waals surface area contributed by atoms with Gasteiger partial charge in [0.25, 0.3) is 0 Å². The maximum atomic E-state index is 12.4. The van der Waals surface area contributed by atoms with Crippen LogP contribution < -0.4 is 10.2 Å². The number of aryl methyl sites for hydroxylation is 2. The summed E-state index contributed by atoms with van der Waals surface area (Å²) in [7, 11) is 0. The molecule has 3 rings (SSSR count). The summed E-state index contributed by atoms with van der Waals surface area (Å²) in [5, 5.41) is 6.57. The first-order chi connectivity index (χ1) is 11.6. The van der Waals surface area contributed by atoms with E-state index in [0.717, 1.165) is 28.4 Å². The highest BCUT2D eigenvalue weighted by molar-refractivity contribution is 7.13.